The summed E-state index contributed by atoms with van der Waals surface area (Å²) in [6.07, 6.45) is -2.06. The van der Waals surface area contributed by atoms with Crippen LogP contribution < -0.4 is 5.32 Å². The number of nitrogens with zero attached hydrogens (tertiary/aromatic N) is 1. The zero-order valence-corrected chi connectivity index (χ0v) is 11.9. The fraction of sp³-hybridized carbons (Fsp3) is 0.750. The zero-order chi connectivity index (χ0) is 14.3. The second kappa shape index (κ2) is 7.81. The van der Waals surface area contributed by atoms with E-state index in [1.54, 1.807) is 11.3 Å². The van der Waals surface area contributed by atoms with Crippen molar-refractivity contribution in [3.8, 4) is 0 Å². The second-order valence-corrected chi connectivity index (χ2v) is 5.32. The van der Waals surface area contributed by atoms with Crippen molar-refractivity contribution >= 4 is 11.3 Å². The summed E-state index contributed by atoms with van der Waals surface area (Å²) in [5.74, 6) is 0. The van der Waals surface area contributed by atoms with E-state index in [0.29, 0.717) is 6.42 Å². The van der Waals surface area contributed by atoms with Crippen molar-refractivity contribution in [2.75, 3.05) is 20.3 Å². The van der Waals surface area contributed by atoms with Crippen LogP contribution >= 0.6 is 11.3 Å². The van der Waals surface area contributed by atoms with Crippen LogP contribution in [0.2, 0.25) is 0 Å². The first-order valence-electron chi connectivity index (χ1n) is 6.13. The van der Waals surface area contributed by atoms with Gasteiger partial charge in [0, 0.05) is 30.1 Å². The first kappa shape index (κ1) is 16.4. The summed E-state index contributed by atoms with van der Waals surface area (Å²) in [5, 5.41) is 6.20. The Morgan fingerprint density at radius 1 is 1.47 bits per heavy atom. The maximum atomic E-state index is 11.9. The number of thiazole rings is 1. The molecular weight excluding hydrogens is 277 g/mol. The summed E-state index contributed by atoms with van der Waals surface area (Å²) in [4.78, 5) is 4.37. The molecule has 0 amide bonds. The quantitative estimate of drug-likeness (QED) is 0.749. The molecule has 1 aromatic heterocycles. The molecular formula is C12H19F3N2OS. The van der Waals surface area contributed by atoms with Gasteiger partial charge in [-0.1, -0.05) is 0 Å². The molecule has 110 valence electrons. The molecule has 0 spiro atoms. The van der Waals surface area contributed by atoms with Crippen molar-refractivity contribution in [2.45, 2.75) is 38.4 Å². The molecule has 7 heteroatoms. The third-order valence-corrected chi connectivity index (χ3v) is 3.59. The molecule has 1 N–H and O–H groups in total. The lowest BCUT2D eigenvalue weighted by atomic mass is 10.1. The van der Waals surface area contributed by atoms with Crippen molar-refractivity contribution in [1.82, 2.24) is 10.3 Å². The van der Waals surface area contributed by atoms with Crippen molar-refractivity contribution in [2.24, 2.45) is 0 Å². The van der Waals surface area contributed by atoms with Crippen LogP contribution in [0.15, 0.2) is 5.38 Å². The van der Waals surface area contributed by atoms with Gasteiger partial charge in [-0.2, -0.15) is 13.2 Å². The van der Waals surface area contributed by atoms with Crippen LogP contribution in [0.4, 0.5) is 13.2 Å². The molecule has 0 saturated heterocycles. The number of halogens is 3. The predicted octanol–water partition coefficient (Wildman–Crippen LogP) is 2.94. The summed E-state index contributed by atoms with van der Waals surface area (Å²) in [6.45, 7) is 0.914. The van der Waals surface area contributed by atoms with Crippen LogP contribution in [-0.4, -0.2) is 37.5 Å². The molecule has 0 bridgehead atoms. The van der Waals surface area contributed by atoms with Crippen molar-refractivity contribution < 1.29 is 17.9 Å². The Kier molecular flexibility index (Phi) is 6.74. The Morgan fingerprint density at radius 3 is 2.74 bits per heavy atom. The van der Waals surface area contributed by atoms with Crippen LogP contribution in [0.1, 0.15) is 23.5 Å². The lowest BCUT2D eigenvalue weighted by Gasteiger charge is -2.15. The normalized spacial score (nSPS) is 13.7. The molecule has 1 aromatic rings. The van der Waals surface area contributed by atoms with Gasteiger partial charge in [0.25, 0.3) is 0 Å². The van der Waals surface area contributed by atoms with Gasteiger partial charge in [0.05, 0.1) is 5.01 Å². The number of ether oxygens (including phenoxy) is 1. The molecule has 3 nitrogen and oxygen atoms in total. The van der Waals surface area contributed by atoms with E-state index in [1.165, 1.54) is 0 Å². The van der Waals surface area contributed by atoms with E-state index in [4.69, 9.17) is 0 Å². The minimum Gasteiger partial charge on any atom is -0.372 e. The lowest BCUT2D eigenvalue weighted by molar-refractivity contribution is -0.174. The Labute approximate surface area is 115 Å². The van der Waals surface area contributed by atoms with Crippen molar-refractivity contribution in [1.29, 1.82) is 0 Å². The first-order valence-corrected chi connectivity index (χ1v) is 7.01. The summed E-state index contributed by atoms with van der Waals surface area (Å²) >= 11 is 1.61. The Hall–Kier alpha value is -0.660. The molecule has 0 aliphatic carbocycles. The van der Waals surface area contributed by atoms with E-state index in [9.17, 15) is 13.2 Å². The number of aromatic nitrogens is 1. The summed E-state index contributed by atoms with van der Waals surface area (Å²) in [5.41, 5.74) is 1.00. The number of likely N-dealkylation sites (N-methyl/N-ethyl adjacent to an activating group) is 1. The van der Waals surface area contributed by atoms with Crippen molar-refractivity contribution in [3.63, 3.8) is 0 Å². The van der Waals surface area contributed by atoms with E-state index >= 15 is 0 Å². The third kappa shape index (κ3) is 7.49. The number of aryl methyl sites for hydroxylation is 1. The van der Waals surface area contributed by atoms with E-state index in [2.05, 4.69) is 15.0 Å². The third-order valence-electron chi connectivity index (χ3n) is 2.60. The van der Waals surface area contributed by atoms with Gasteiger partial charge in [-0.15, -0.1) is 11.3 Å². The van der Waals surface area contributed by atoms with Gasteiger partial charge in [-0.3, -0.25) is 0 Å². The summed E-state index contributed by atoms with van der Waals surface area (Å²) < 4.78 is 40.1. The second-order valence-electron chi connectivity index (χ2n) is 4.38. The van der Waals surface area contributed by atoms with Crippen molar-refractivity contribution in [3.05, 3.63) is 16.1 Å². The molecule has 1 heterocycles. The van der Waals surface area contributed by atoms with Crippen LogP contribution in [-0.2, 0) is 11.2 Å². The highest BCUT2D eigenvalue weighted by Gasteiger charge is 2.27. The number of rotatable bonds is 8. The Balaban J connectivity index is 2.18. The number of nitrogens with one attached hydrogen (secondary N) is 1. The molecule has 0 fully saturated rings. The van der Waals surface area contributed by atoms with Crippen LogP contribution in [0.25, 0.3) is 0 Å². The minimum absolute atomic E-state index is 0.134. The smallest absolute Gasteiger partial charge is 0.372 e. The van der Waals surface area contributed by atoms with Gasteiger partial charge in [0.1, 0.15) is 6.61 Å². The fourth-order valence-corrected chi connectivity index (χ4v) is 2.53. The minimum atomic E-state index is -4.24. The van der Waals surface area contributed by atoms with E-state index in [-0.39, 0.29) is 12.6 Å². The van der Waals surface area contributed by atoms with Crippen LogP contribution in [0.5, 0.6) is 0 Å². The van der Waals surface area contributed by atoms with E-state index in [0.717, 1.165) is 23.5 Å². The summed E-state index contributed by atoms with van der Waals surface area (Å²) in [7, 11) is 1.85. The summed E-state index contributed by atoms with van der Waals surface area (Å²) in [6, 6.07) is 0.222. The predicted molar refractivity (Wildman–Crippen MR) is 69.5 cm³/mol. The average molecular weight is 296 g/mol. The largest absolute Gasteiger partial charge is 0.411 e. The van der Waals surface area contributed by atoms with E-state index < -0.39 is 12.8 Å². The molecule has 0 saturated carbocycles. The highest BCUT2D eigenvalue weighted by atomic mass is 32.1. The lowest BCUT2D eigenvalue weighted by Crippen LogP contribution is -2.28. The van der Waals surface area contributed by atoms with Gasteiger partial charge in [-0.25, -0.2) is 4.98 Å². The van der Waals surface area contributed by atoms with Crippen LogP contribution in [0, 0.1) is 6.92 Å². The zero-order valence-electron chi connectivity index (χ0n) is 11.1. The Bertz CT molecular complexity index is 368. The highest BCUT2D eigenvalue weighted by molar-refractivity contribution is 7.09. The average Bonchev–Trinajstić information content (AvgIpc) is 2.71. The van der Waals surface area contributed by atoms with E-state index in [1.807, 2.05) is 19.4 Å². The molecule has 1 rings (SSSR count). The molecule has 0 aliphatic heterocycles. The number of hydrogen-bond acceptors (Lipinski definition) is 4. The van der Waals surface area contributed by atoms with Crippen LogP contribution in [0.3, 0.4) is 0 Å². The number of alkyl halides is 3. The molecule has 0 aromatic carbocycles. The van der Waals surface area contributed by atoms with Gasteiger partial charge >= 0.3 is 6.18 Å². The molecule has 19 heavy (non-hydrogen) atoms. The van der Waals surface area contributed by atoms with Gasteiger partial charge in [0.2, 0.25) is 0 Å². The standard InChI is InChI=1S/C12H19F3N2OS/c1-9-7-19-11(17-9)6-10(16-2)4-3-5-18-8-12(13,14)15/h7,10,16H,3-6,8H2,1-2H3. The molecule has 0 aliphatic rings. The van der Waals surface area contributed by atoms with Gasteiger partial charge in [-0.05, 0) is 26.8 Å². The monoisotopic (exact) mass is 296 g/mol. The number of hydrogen-bond donors (Lipinski definition) is 1. The van der Waals surface area contributed by atoms with Gasteiger partial charge in [0.15, 0.2) is 0 Å². The molecule has 0 radical (unpaired) electrons. The first-order chi connectivity index (χ1) is 8.90. The molecule has 1 unspecified atom stereocenters. The van der Waals surface area contributed by atoms with Gasteiger partial charge < -0.3 is 10.1 Å². The fourth-order valence-electron chi connectivity index (χ4n) is 1.68. The maximum Gasteiger partial charge on any atom is 0.411 e. The SMILES string of the molecule is CNC(CCCOCC(F)(F)F)Cc1nc(C)cs1. The molecule has 1 atom stereocenters. The topological polar surface area (TPSA) is 34.1 Å². The Morgan fingerprint density at radius 2 is 2.21 bits per heavy atom. The highest BCUT2D eigenvalue weighted by Crippen LogP contribution is 2.15. The maximum absolute atomic E-state index is 11.9.